The van der Waals surface area contributed by atoms with Crippen molar-refractivity contribution in [3.05, 3.63) is 34.1 Å². The van der Waals surface area contributed by atoms with Crippen LogP contribution in [0.1, 0.15) is 25.3 Å². The van der Waals surface area contributed by atoms with Crippen LogP contribution in [-0.2, 0) is 11.2 Å². The fourth-order valence-corrected chi connectivity index (χ4v) is 2.98. The Morgan fingerprint density at radius 3 is 3.00 bits per heavy atom. The van der Waals surface area contributed by atoms with Crippen molar-refractivity contribution in [3.8, 4) is 0 Å². The van der Waals surface area contributed by atoms with E-state index in [-0.39, 0.29) is 5.82 Å². The number of ether oxygens (including phenoxy) is 1. The second kappa shape index (κ2) is 7.36. The molecule has 2 nitrogen and oxygen atoms in total. The van der Waals surface area contributed by atoms with E-state index in [1.807, 2.05) is 12.1 Å². The van der Waals surface area contributed by atoms with Crippen LogP contribution in [0.25, 0.3) is 0 Å². The third-order valence-corrected chi connectivity index (χ3v) is 4.11. The Morgan fingerprint density at radius 1 is 1.53 bits per heavy atom. The maximum absolute atomic E-state index is 13.9. The lowest BCUT2D eigenvalue weighted by Gasteiger charge is -2.21. The molecule has 0 saturated carbocycles. The maximum Gasteiger partial charge on any atom is 0.127 e. The molecule has 0 aliphatic carbocycles. The Morgan fingerprint density at radius 2 is 2.37 bits per heavy atom. The smallest absolute Gasteiger partial charge is 0.127 e. The molecule has 1 aliphatic heterocycles. The van der Waals surface area contributed by atoms with E-state index in [1.54, 1.807) is 0 Å². The van der Waals surface area contributed by atoms with Gasteiger partial charge in [0, 0.05) is 23.7 Å². The third-order valence-electron chi connectivity index (χ3n) is 3.62. The lowest BCUT2D eigenvalue weighted by molar-refractivity contribution is 0.181. The van der Waals surface area contributed by atoms with E-state index in [9.17, 15) is 4.39 Å². The van der Waals surface area contributed by atoms with Crippen molar-refractivity contribution >= 4 is 15.9 Å². The van der Waals surface area contributed by atoms with Crippen molar-refractivity contribution in [2.45, 2.75) is 32.2 Å². The van der Waals surface area contributed by atoms with Gasteiger partial charge in [-0.1, -0.05) is 28.9 Å². The molecule has 1 aromatic rings. The van der Waals surface area contributed by atoms with Crippen LogP contribution in [0, 0.1) is 11.7 Å². The van der Waals surface area contributed by atoms with Gasteiger partial charge in [0.2, 0.25) is 0 Å². The largest absolute Gasteiger partial charge is 0.381 e. The number of halogens is 2. The maximum atomic E-state index is 13.9. The highest BCUT2D eigenvalue weighted by Gasteiger charge is 2.21. The van der Waals surface area contributed by atoms with Gasteiger partial charge >= 0.3 is 0 Å². The minimum absolute atomic E-state index is 0.125. The van der Waals surface area contributed by atoms with E-state index in [1.165, 1.54) is 6.07 Å². The first-order valence-corrected chi connectivity index (χ1v) is 7.73. The number of hydrogen-bond acceptors (Lipinski definition) is 2. The van der Waals surface area contributed by atoms with Gasteiger partial charge in [0.25, 0.3) is 0 Å². The number of nitrogens with one attached hydrogen (secondary N) is 1. The fraction of sp³-hybridized carbons (Fsp3) is 0.600. The van der Waals surface area contributed by atoms with Crippen molar-refractivity contribution in [2.75, 3.05) is 19.8 Å². The van der Waals surface area contributed by atoms with Crippen molar-refractivity contribution in [1.82, 2.24) is 5.32 Å². The second-order valence-corrected chi connectivity index (χ2v) is 6.08. The summed E-state index contributed by atoms with van der Waals surface area (Å²) in [4.78, 5) is 0. The second-order valence-electron chi connectivity index (χ2n) is 5.16. The van der Waals surface area contributed by atoms with Crippen LogP contribution < -0.4 is 5.32 Å². The zero-order valence-corrected chi connectivity index (χ0v) is 12.9. The van der Waals surface area contributed by atoms with Gasteiger partial charge in [0.15, 0.2) is 0 Å². The molecule has 2 unspecified atom stereocenters. The molecule has 0 amide bonds. The van der Waals surface area contributed by atoms with E-state index in [0.717, 1.165) is 49.1 Å². The quantitative estimate of drug-likeness (QED) is 0.861. The zero-order valence-electron chi connectivity index (χ0n) is 11.3. The molecule has 0 spiro atoms. The molecule has 2 atom stereocenters. The van der Waals surface area contributed by atoms with Crippen LogP contribution in [0.3, 0.4) is 0 Å². The summed E-state index contributed by atoms with van der Waals surface area (Å²) >= 11 is 3.29. The van der Waals surface area contributed by atoms with E-state index in [4.69, 9.17) is 4.74 Å². The Labute approximate surface area is 122 Å². The normalized spacial score (nSPS) is 20.7. The van der Waals surface area contributed by atoms with Crippen LogP contribution >= 0.6 is 15.9 Å². The summed E-state index contributed by atoms with van der Waals surface area (Å²) in [5.41, 5.74) is 0.785. The average molecular weight is 330 g/mol. The van der Waals surface area contributed by atoms with E-state index in [2.05, 4.69) is 28.2 Å². The van der Waals surface area contributed by atoms with E-state index < -0.39 is 0 Å². The Balaban J connectivity index is 1.98. The molecule has 106 valence electrons. The summed E-state index contributed by atoms with van der Waals surface area (Å²) in [7, 11) is 0. The van der Waals surface area contributed by atoms with Crippen LogP contribution in [0.15, 0.2) is 22.7 Å². The summed E-state index contributed by atoms with van der Waals surface area (Å²) < 4.78 is 20.1. The summed E-state index contributed by atoms with van der Waals surface area (Å²) in [5.74, 6) is 0.488. The van der Waals surface area contributed by atoms with Crippen LogP contribution in [0.4, 0.5) is 4.39 Å². The van der Waals surface area contributed by atoms with E-state index >= 15 is 0 Å². The first-order valence-electron chi connectivity index (χ1n) is 6.94. The van der Waals surface area contributed by atoms with E-state index in [0.29, 0.717) is 12.0 Å². The molecule has 0 bridgehead atoms. The molecule has 4 heteroatoms. The van der Waals surface area contributed by atoms with Gasteiger partial charge in [-0.05, 0) is 49.4 Å². The summed E-state index contributed by atoms with van der Waals surface area (Å²) in [6.45, 7) is 4.73. The molecule has 1 N–H and O–H groups in total. The summed E-state index contributed by atoms with van der Waals surface area (Å²) in [6, 6.07) is 5.64. The topological polar surface area (TPSA) is 21.3 Å². The van der Waals surface area contributed by atoms with Gasteiger partial charge in [-0.2, -0.15) is 0 Å². The van der Waals surface area contributed by atoms with Gasteiger partial charge in [-0.3, -0.25) is 0 Å². The number of likely N-dealkylation sites (N-methyl/N-ethyl adjacent to an activating group) is 1. The molecule has 2 rings (SSSR count). The highest BCUT2D eigenvalue weighted by atomic mass is 79.9. The van der Waals surface area contributed by atoms with Crippen LogP contribution in [0.2, 0.25) is 0 Å². The lowest BCUT2D eigenvalue weighted by atomic mass is 9.94. The SMILES string of the molecule is CCNC(Cc1ccc(Br)cc1F)CC1CCOC1. The molecule has 1 fully saturated rings. The van der Waals surface area contributed by atoms with Crippen LogP contribution in [-0.4, -0.2) is 25.8 Å². The highest BCUT2D eigenvalue weighted by Crippen LogP contribution is 2.22. The molecule has 1 saturated heterocycles. The minimum Gasteiger partial charge on any atom is -0.381 e. The minimum atomic E-state index is -0.125. The molecular formula is C15H21BrFNO. The standard InChI is InChI=1S/C15H21BrFNO/c1-2-18-14(7-11-5-6-19-10-11)8-12-3-4-13(16)9-15(12)17/h3-4,9,11,14,18H,2,5-8,10H2,1H3. The van der Waals surface area contributed by atoms with Crippen molar-refractivity contribution in [1.29, 1.82) is 0 Å². The van der Waals surface area contributed by atoms with Gasteiger partial charge in [-0.15, -0.1) is 0 Å². The lowest BCUT2D eigenvalue weighted by Crippen LogP contribution is -2.33. The molecule has 0 radical (unpaired) electrons. The van der Waals surface area contributed by atoms with Crippen molar-refractivity contribution in [3.63, 3.8) is 0 Å². The molecular weight excluding hydrogens is 309 g/mol. The Bertz CT molecular complexity index is 407. The molecule has 0 aromatic heterocycles. The number of rotatable bonds is 6. The zero-order chi connectivity index (χ0) is 13.7. The van der Waals surface area contributed by atoms with Gasteiger partial charge in [0.1, 0.15) is 5.82 Å². The Hall–Kier alpha value is -0.450. The number of hydrogen-bond donors (Lipinski definition) is 1. The van der Waals surface area contributed by atoms with Gasteiger partial charge < -0.3 is 10.1 Å². The van der Waals surface area contributed by atoms with Gasteiger partial charge in [0.05, 0.1) is 0 Å². The summed E-state index contributed by atoms with van der Waals surface area (Å²) in [6.07, 6.45) is 2.93. The monoisotopic (exact) mass is 329 g/mol. The predicted molar refractivity (Wildman–Crippen MR) is 78.8 cm³/mol. The fourth-order valence-electron chi connectivity index (χ4n) is 2.65. The Kier molecular flexibility index (Phi) is 5.79. The number of benzene rings is 1. The molecule has 1 heterocycles. The predicted octanol–water partition coefficient (Wildman–Crippen LogP) is 3.54. The highest BCUT2D eigenvalue weighted by molar-refractivity contribution is 9.10. The molecule has 19 heavy (non-hydrogen) atoms. The van der Waals surface area contributed by atoms with Gasteiger partial charge in [-0.25, -0.2) is 4.39 Å². The average Bonchev–Trinajstić information content (AvgIpc) is 2.86. The molecule has 1 aliphatic rings. The first-order chi connectivity index (χ1) is 9.19. The van der Waals surface area contributed by atoms with Crippen LogP contribution in [0.5, 0.6) is 0 Å². The first kappa shape index (κ1) is 14.9. The third kappa shape index (κ3) is 4.55. The van der Waals surface area contributed by atoms with Crippen molar-refractivity contribution < 1.29 is 9.13 Å². The molecule has 1 aromatic carbocycles. The summed E-state index contributed by atoms with van der Waals surface area (Å²) in [5, 5.41) is 3.47. The van der Waals surface area contributed by atoms with Crippen molar-refractivity contribution in [2.24, 2.45) is 5.92 Å².